The maximum absolute atomic E-state index is 12.1. The minimum Gasteiger partial charge on any atom is -0.481 e. The molecule has 1 heterocycles. The molecule has 1 aliphatic rings. The zero-order valence-electron chi connectivity index (χ0n) is 10.6. The molecule has 0 aromatic carbocycles. The third-order valence-corrected chi connectivity index (χ3v) is 2.97. The first-order valence-corrected chi connectivity index (χ1v) is 5.96. The van der Waals surface area contributed by atoms with E-state index in [1.54, 1.807) is 13.8 Å². The zero-order valence-corrected chi connectivity index (χ0v) is 10.6. The molecular formula is C11H20N2O5. The first kappa shape index (κ1) is 14.7. The molecule has 1 aliphatic heterocycles. The summed E-state index contributed by atoms with van der Waals surface area (Å²) in [6, 6.07) is -0.478. The van der Waals surface area contributed by atoms with E-state index < -0.39 is 18.2 Å². The van der Waals surface area contributed by atoms with Crippen molar-refractivity contribution in [2.75, 3.05) is 19.6 Å². The summed E-state index contributed by atoms with van der Waals surface area (Å²) in [5.74, 6) is -0.963. The summed E-state index contributed by atoms with van der Waals surface area (Å²) in [5.41, 5.74) is 0. The van der Waals surface area contributed by atoms with Crippen LogP contribution in [0.15, 0.2) is 0 Å². The molecule has 7 heteroatoms. The highest BCUT2D eigenvalue weighted by Gasteiger charge is 2.35. The molecule has 104 valence electrons. The van der Waals surface area contributed by atoms with Gasteiger partial charge >= 0.3 is 12.0 Å². The predicted octanol–water partition coefficient (Wildman–Crippen LogP) is -0.671. The van der Waals surface area contributed by atoms with Crippen LogP contribution >= 0.6 is 0 Å². The molecule has 0 spiro atoms. The Morgan fingerprint density at radius 3 is 2.17 bits per heavy atom. The molecule has 0 aromatic rings. The fraction of sp³-hybridized carbons (Fsp3) is 0.818. The zero-order chi connectivity index (χ0) is 13.9. The smallest absolute Gasteiger partial charge is 0.320 e. The van der Waals surface area contributed by atoms with E-state index in [2.05, 4.69) is 0 Å². The largest absolute Gasteiger partial charge is 0.481 e. The number of carbonyl (C=O) groups excluding carboxylic acids is 1. The lowest BCUT2D eigenvalue weighted by molar-refractivity contribution is -0.137. The van der Waals surface area contributed by atoms with E-state index in [9.17, 15) is 19.8 Å². The molecule has 0 radical (unpaired) electrons. The van der Waals surface area contributed by atoms with Gasteiger partial charge < -0.3 is 25.1 Å². The van der Waals surface area contributed by atoms with E-state index in [1.165, 1.54) is 9.80 Å². The van der Waals surface area contributed by atoms with E-state index in [-0.39, 0.29) is 38.1 Å². The number of aliphatic carboxylic acids is 1. The SMILES string of the molecule is CC(C)N(CCC(=O)O)C(=O)N1CC(O)C(O)C1. The van der Waals surface area contributed by atoms with Gasteiger partial charge in [-0.1, -0.05) is 0 Å². The maximum atomic E-state index is 12.1. The average molecular weight is 260 g/mol. The number of β-amino-alcohol motifs (C(OH)–C–C–N with tert-alkyl or cyclic N) is 2. The standard InChI is InChI=1S/C11H20N2O5/c1-7(2)13(4-3-10(16)17)11(18)12-5-8(14)9(15)6-12/h7-9,14-15H,3-6H2,1-2H3,(H,16,17). The van der Waals surface area contributed by atoms with Crippen LogP contribution in [-0.4, -0.2) is 75.0 Å². The summed E-state index contributed by atoms with van der Waals surface area (Å²) in [7, 11) is 0. The Balaban J connectivity index is 2.62. The number of rotatable bonds is 4. The molecule has 1 fully saturated rings. The first-order chi connectivity index (χ1) is 8.32. The van der Waals surface area contributed by atoms with Crippen LogP contribution in [0.5, 0.6) is 0 Å². The number of carboxylic acid groups (broad SMARTS) is 1. The van der Waals surface area contributed by atoms with Gasteiger partial charge in [0.1, 0.15) is 0 Å². The average Bonchev–Trinajstić information content (AvgIpc) is 2.58. The molecule has 2 amide bonds. The summed E-state index contributed by atoms with van der Waals surface area (Å²) in [4.78, 5) is 25.4. The molecule has 0 saturated carbocycles. The highest BCUT2D eigenvalue weighted by Crippen LogP contribution is 2.14. The summed E-state index contributed by atoms with van der Waals surface area (Å²) in [5, 5.41) is 27.4. The van der Waals surface area contributed by atoms with Crippen molar-refractivity contribution in [3.8, 4) is 0 Å². The normalized spacial score (nSPS) is 23.5. The van der Waals surface area contributed by atoms with Crippen LogP contribution in [0.3, 0.4) is 0 Å². The van der Waals surface area contributed by atoms with Crippen LogP contribution in [0.4, 0.5) is 4.79 Å². The third-order valence-electron chi connectivity index (χ3n) is 2.97. The number of urea groups is 1. The second-order valence-electron chi connectivity index (χ2n) is 4.75. The molecule has 2 atom stereocenters. The van der Waals surface area contributed by atoms with E-state index in [4.69, 9.17) is 5.11 Å². The van der Waals surface area contributed by atoms with Gasteiger partial charge in [0.2, 0.25) is 0 Å². The predicted molar refractivity (Wildman–Crippen MR) is 63.1 cm³/mol. The second-order valence-corrected chi connectivity index (χ2v) is 4.75. The maximum Gasteiger partial charge on any atom is 0.320 e. The van der Waals surface area contributed by atoms with Gasteiger partial charge in [-0.25, -0.2) is 4.79 Å². The van der Waals surface area contributed by atoms with E-state index in [0.717, 1.165) is 0 Å². The molecule has 7 nitrogen and oxygen atoms in total. The Morgan fingerprint density at radius 1 is 1.28 bits per heavy atom. The topological polar surface area (TPSA) is 101 Å². The number of carboxylic acids is 1. The number of hydrogen-bond donors (Lipinski definition) is 3. The number of aliphatic hydroxyl groups excluding tert-OH is 2. The highest BCUT2D eigenvalue weighted by molar-refractivity contribution is 5.76. The molecule has 1 saturated heterocycles. The van der Waals surface area contributed by atoms with Crippen LogP contribution < -0.4 is 0 Å². The van der Waals surface area contributed by atoms with Crippen molar-refractivity contribution in [1.29, 1.82) is 0 Å². The van der Waals surface area contributed by atoms with Crippen molar-refractivity contribution < 1.29 is 24.9 Å². The van der Waals surface area contributed by atoms with Gasteiger partial charge in [-0.2, -0.15) is 0 Å². The Morgan fingerprint density at radius 2 is 1.78 bits per heavy atom. The minimum absolute atomic E-state index is 0.0797. The van der Waals surface area contributed by atoms with Crippen LogP contribution in [0, 0.1) is 0 Å². The summed E-state index contributed by atoms with van der Waals surface area (Å²) < 4.78 is 0. The fourth-order valence-corrected chi connectivity index (χ4v) is 1.90. The molecule has 3 N–H and O–H groups in total. The van der Waals surface area contributed by atoms with Crippen molar-refractivity contribution in [2.24, 2.45) is 0 Å². The number of likely N-dealkylation sites (tertiary alicyclic amines) is 1. The highest BCUT2D eigenvalue weighted by atomic mass is 16.4. The van der Waals surface area contributed by atoms with Crippen molar-refractivity contribution >= 4 is 12.0 Å². The van der Waals surface area contributed by atoms with Crippen molar-refractivity contribution in [1.82, 2.24) is 9.80 Å². The van der Waals surface area contributed by atoms with Crippen LogP contribution in [0.25, 0.3) is 0 Å². The van der Waals surface area contributed by atoms with E-state index in [0.29, 0.717) is 0 Å². The molecule has 0 aromatic heterocycles. The minimum atomic E-state index is -0.963. The lowest BCUT2D eigenvalue weighted by Crippen LogP contribution is -2.46. The lowest BCUT2D eigenvalue weighted by Gasteiger charge is -2.30. The number of hydrogen-bond acceptors (Lipinski definition) is 4. The van der Waals surface area contributed by atoms with Crippen molar-refractivity contribution in [3.63, 3.8) is 0 Å². The number of amides is 2. The van der Waals surface area contributed by atoms with Gasteiger partial charge in [-0.05, 0) is 13.8 Å². The van der Waals surface area contributed by atoms with Crippen molar-refractivity contribution in [3.05, 3.63) is 0 Å². The lowest BCUT2D eigenvalue weighted by atomic mass is 10.3. The molecule has 18 heavy (non-hydrogen) atoms. The number of aliphatic hydroxyl groups is 2. The fourth-order valence-electron chi connectivity index (χ4n) is 1.90. The van der Waals surface area contributed by atoms with Crippen LogP contribution in [0.2, 0.25) is 0 Å². The Kier molecular flexibility index (Phi) is 4.92. The number of nitrogens with zero attached hydrogens (tertiary/aromatic N) is 2. The van der Waals surface area contributed by atoms with Gasteiger partial charge in [-0.3, -0.25) is 4.79 Å². The number of carbonyl (C=O) groups is 2. The van der Waals surface area contributed by atoms with Gasteiger partial charge in [-0.15, -0.1) is 0 Å². The Bertz CT molecular complexity index is 311. The van der Waals surface area contributed by atoms with E-state index >= 15 is 0 Å². The molecule has 1 rings (SSSR count). The molecule has 0 bridgehead atoms. The van der Waals surface area contributed by atoms with Crippen molar-refractivity contribution in [2.45, 2.75) is 38.5 Å². The first-order valence-electron chi connectivity index (χ1n) is 5.96. The Hall–Kier alpha value is -1.34. The quantitative estimate of drug-likeness (QED) is 0.622. The van der Waals surface area contributed by atoms with Crippen LogP contribution in [0.1, 0.15) is 20.3 Å². The van der Waals surface area contributed by atoms with Gasteiger partial charge in [0, 0.05) is 12.6 Å². The second kappa shape index (κ2) is 6.01. The summed E-state index contributed by atoms with van der Waals surface area (Å²) >= 11 is 0. The third kappa shape index (κ3) is 3.58. The molecule has 2 unspecified atom stereocenters. The Labute approximate surface area is 106 Å². The summed E-state index contributed by atoms with van der Waals surface area (Å²) in [6.45, 7) is 3.87. The van der Waals surface area contributed by atoms with Gasteiger partial charge in [0.15, 0.2) is 0 Å². The van der Waals surface area contributed by atoms with Gasteiger partial charge in [0.05, 0.1) is 31.7 Å². The monoisotopic (exact) mass is 260 g/mol. The van der Waals surface area contributed by atoms with Crippen LogP contribution in [-0.2, 0) is 4.79 Å². The molecule has 0 aliphatic carbocycles. The van der Waals surface area contributed by atoms with Gasteiger partial charge in [0.25, 0.3) is 0 Å². The van der Waals surface area contributed by atoms with E-state index in [1.807, 2.05) is 0 Å². The summed E-state index contributed by atoms with van der Waals surface area (Å²) in [6.07, 6.45) is -1.98. The molecular weight excluding hydrogens is 240 g/mol.